The quantitative estimate of drug-likeness (QED) is 0.860. The number of nitrogens with zero attached hydrogens (tertiary/aromatic N) is 1. The molecule has 1 aliphatic heterocycles. The lowest BCUT2D eigenvalue weighted by atomic mass is 10.1. The summed E-state index contributed by atoms with van der Waals surface area (Å²) in [5.41, 5.74) is 8.02. The molecule has 2 rings (SSSR count). The number of likely N-dealkylation sites (tertiary alicyclic amines) is 1. The summed E-state index contributed by atoms with van der Waals surface area (Å²) in [6.45, 7) is 5.62. The highest BCUT2D eigenvalue weighted by atomic mass is 79.9. The first-order valence-corrected chi connectivity index (χ1v) is 7.20. The van der Waals surface area contributed by atoms with Gasteiger partial charge in [-0.15, -0.1) is 0 Å². The van der Waals surface area contributed by atoms with Crippen molar-refractivity contribution in [1.82, 2.24) is 4.90 Å². The smallest absolute Gasteiger partial charge is 0.0318 e. The van der Waals surface area contributed by atoms with Crippen LogP contribution in [0.25, 0.3) is 0 Å². The Bertz CT molecular complexity index is 392. The van der Waals surface area contributed by atoms with Gasteiger partial charge in [-0.05, 0) is 49.9 Å². The first kappa shape index (κ1) is 12.9. The molecule has 17 heavy (non-hydrogen) atoms. The average molecular weight is 297 g/mol. The van der Waals surface area contributed by atoms with Gasteiger partial charge in [-0.1, -0.05) is 22.9 Å². The molecule has 3 heteroatoms. The molecule has 0 spiro atoms. The van der Waals surface area contributed by atoms with Gasteiger partial charge < -0.3 is 5.73 Å². The second-order valence-electron chi connectivity index (χ2n) is 5.01. The molecule has 0 saturated carbocycles. The number of nitrogen functional groups attached to an aromatic ring is 1. The monoisotopic (exact) mass is 296 g/mol. The average Bonchev–Trinajstić information content (AvgIpc) is 2.65. The highest BCUT2D eigenvalue weighted by Crippen LogP contribution is 2.30. The fourth-order valence-corrected chi connectivity index (χ4v) is 3.13. The maximum atomic E-state index is 5.86. The van der Waals surface area contributed by atoms with Crippen LogP contribution in [-0.2, 0) is 6.54 Å². The van der Waals surface area contributed by atoms with Crippen LogP contribution in [0.15, 0.2) is 22.7 Å². The molecule has 1 aromatic rings. The summed E-state index contributed by atoms with van der Waals surface area (Å²) in [4.78, 5) is 2.61. The second-order valence-corrected chi connectivity index (χ2v) is 5.87. The number of rotatable bonds is 3. The minimum absolute atomic E-state index is 0.688. The molecule has 1 heterocycles. The largest absolute Gasteiger partial charge is 0.399 e. The molecule has 94 valence electrons. The lowest BCUT2D eigenvalue weighted by molar-refractivity contribution is 0.189. The van der Waals surface area contributed by atoms with E-state index in [1.54, 1.807) is 0 Å². The minimum Gasteiger partial charge on any atom is -0.399 e. The van der Waals surface area contributed by atoms with E-state index in [4.69, 9.17) is 5.73 Å². The molecule has 1 fully saturated rings. The molecule has 2 nitrogen and oxygen atoms in total. The molecule has 0 aromatic heterocycles. The molecule has 0 aliphatic carbocycles. The van der Waals surface area contributed by atoms with Crippen molar-refractivity contribution in [3.05, 3.63) is 28.2 Å². The zero-order chi connectivity index (χ0) is 12.4. The Kier molecular flexibility index (Phi) is 4.10. The molecule has 2 unspecified atom stereocenters. The molecule has 0 radical (unpaired) electrons. The van der Waals surface area contributed by atoms with Crippen molar-refractivity contribution in [2.75, 3.05) is 5.73 Å². The van der Waals surface area contributed by atoms with Crippen LogP contribution in [0, 0.1) is 0 Å². The summed E-state index contributed by atoms with van der Waals surface area (Å²) in [7, 11) is 0. The van der Waals surface area contributed by atoms with E-state index in [1.165, 1.54) is 29.3 Å². The molecule has 2 N–H and O–H groups in total. The van der Waals surface area contributed by atoms with Crippen molar-refractivity contribution in [2.45, 2.75) is 51.7 Å². The SMILES string of the molecule is CCC1CCC(C)N1Cc1cc(N)ccc1Br. The molecular formula is C14H21BrN2. The number of anilines is 1. The molecule has 1 saturated heterocycles. The van der Waals surface area contributed by atoms with Gasteiger partial charge in [0.05, 0.1) is 0 Å². The third kappa shape index (κ3) is 2.83. The van der Waals surface area contributed by atoms with E-state index in [2.05, 4.69) is 40.7 Å². The number of halogens is 1. The lowest BCUT2D eigenvalue weighted by Crippen LogP contribution is -2.33. The van der Waals surface area contributed by atoms with Gasteiger partial charge in [-0.2, -0.15) is 0 Å². The van der Waals surface area contributed by atoms with Crippen LogP contribution in [0.1, 0.15) is 38.7 Å². The van der Waals surface area contributed by atoms with Crippen LogP contribution in [0.2, 0.25) is 0 Å². The van der Waals surface area contributed by atoms with E-state index in [0.29, 0.717) is 6.04 Å². The fraction of sp³-hybridized carbons (Fsp3) is 0.571. The number of nitrogens with two attached hydrogens (primary N) is 1. The summed E-state index contributed by atoms with van der Waals surface area (Å²) >= 11 is 3.62. The van der Waals surface area contributed by atoms with Crippen LogP contribution in [0.5, 0.6) is 0 Å². The van der Waals surface area contributed by atoms with Crippen molar-refractivity contribution in [2.24, 2.45) is 0 Å². The first-order valence-electron chi connectivity index (χ1n) is 6.41. The molecular weight excluding hydrogens is 276 g/mol. The molecule has 1 aromatic carbocycles. The van der Waals surface area contributed by atoms with Gasteiger partial charge in [0, 0.05) is 28.8 Å². The lowest BCUT2D eigenvalue weighted by Gasteiger charge is -2.28. The fourth-order valence-electron chi connectivity index (χ4n) is 2.76. The van der Waals surface area contributed by atoms with E-state index >= 15 is 0 Å². The summed E-state index contributed by atoms with van der Waals surface area (Å²) in [6.07, 6.45) is 3.89. The van der Waals surface area contributed by atoms with E-state index in [1.807, 2.05) is 12.1 Å². The Morgan fingerprint density at radius 2 is 2.18 bits per heavy atom. The van der Waals surface area contributed by atoms with Gasteiger partial charge in [0.2, 0.25) is 0 Å². The van der Waals surface area contributed by atoms with Crippen molar-refractivity contribution in [1.29, 1.82) is 0 Å². The number of hydrogen-bond acceptors (Lipinski definition) is 2. The highest BCUT2D eigenvalue weighted by molar-refractivity contribution is 9.10. The number of benzene rings is 1. The topological polar surface area (TPSA) is 29.3 Å². The second kappa shape index (κ2) is 5.40. The van der Waals surface area contributed by atoms with Gasteiger partial charge in [0.15, 0.2) is 0 Å². The van der Waals surface area contributed by atoms with Gasteiger partial charge in [0.1, 0.15) is 0 Å². The van der Waals surface area contributed by atoms with Crippen LogP contribution < -0.4 is 5.73 Å². The maximum absolute atomic E-state index is 5.86. The van der Waals surface area contributed by atoms with Crippen LogP contribution in [-0.4, -0.2) is 17.0 Å². The molecule has 0 amide bonds. The van der Waals surface area contributed by atoms with Gasteiger partial charge >= 0.3 is 0 Å². The van der Waals surface area contributed by atoms with Crippen molar-refractivity contribution in [3.63, 3.8) is 0 Å². The Hall–Kier alpha value is -0.540. The van der Waals surface area contributed by atoms with Crippen molar-refractivity contribution in [3.8, 4) is 0 Å². The molecule has 0 bridgehead atoms. The highest BCUT2D eigenvalue weighted by Gasteiger charge is 2.29. The van der Waals surface area contributed by atoms with E-state index < -0.39 is 0 Å². The summed E-state index contributed by atoms with van der Waals surface area (Å²) in [5, 5.41) is 0. The van der Waals surface area contributed by atoms with E-state index in [-0.39, 0.29) is 0 Å². The summed E-state index contributed by atoms with van der Waals surface area (Å²) < 4.78 is 1.17. The molecule has 2 atom stereocenters. The maximum Gasteiger partial charge on any atom is 0.0318 e. The van der Waals surface area contributed by atoms with Gasteiger partial charge in [0.25, 0.3) is 0 Å². The van der Waals surface area contributed by atoms with Gasteiger partial charge in [-0.25, -0.2) is 0 Å². The molecule has 1 aliphatic rings. The normalized spacial score (nSPS) is 25.4. The van der Waals surface area contributed by atoms with Crippen LogP contribution >= 0.6 is 15.9 Å². The predicted octanol–water partition coefficient (Wildman–Crippen LogP) is 3.79. The summed E-state index contributed by atoms with van der Waals surface area (Å²) in [6, 6.07) is 7.50. The van der Waals surface area contributed by atoms with Gasteiger partial charge in [-0.3, -0.25) is 4.90 Å². The Labute approximate surface area is 112 Å². The predicted molar refractivity (Wildman–Crippen MR) is 76.9 cm³/mol. The number of hydrogen-bond donors (Lipinski definition) is 1. The Morgan fingerprint density at radius 1 is 1.41 bits per heavy atom. The standard InChI is InChI=1S/C14H21BrN2/c1-3-13-6-4-10(2)17(13)9-11-8-12(16)5-7-14(11)15/h5,7-8,10,13H,3-4,6,9,16H2,1-2H3. The van der Waals surface area contributed by atoms with Crippen molar-refractivity contribution < 1.29 is 0 Å². The summed E-state index contributed by atoms with van der Waals surface area (Å²) in [5.74, 6) is 0. The van der Waals surface area contributed by atoms with Crippen LogP contribution in [0.3, 0.4) is 0 Å². The minimum atomic E-state index is 0.688. The van der Waals surface area contributed by atoms with E-state index in [9.17, 15) is 0 Å². The van der Waals surface area contributed by atoms with E-state index in [0.717, 1.165) is 18.3 Å². The third-order valence-corrected chi connectivity index (χ3v) is 4.62. The third-order valence-electron chi connectivity index (χ3n) is 3.85. The Morgan fingerprint density at radius 3 is 2.88 bits per heavy atom. The van der Waals surface area contributed by atoms with Crippen molar-refractivity contribution >= 4 is 21.6 Å². The zero-order valence-electron chi connectivity index (χ0n) is 10.6. The Balaban J connectivity index is 2.16. The zero-order valence-corrected chi connectivity index (χ0v) is 12.2. The van der Waals surface area contributed by atoms with Crippen LogP contribution in [0.4, 0.5) is 5.69 Å². The first-order chi connectivity index (χ1) is 8.11.